The van der Waals surface area contributed by atoms with Gasteiger partial charge in [0.15, 0.2) is 5.82 Å². The molecule has 2 aliphatic carbocycles. The second-order valence-corrected chi connectivity index (χ2v) is 7.42. The van der Waals surface area contributed by atoms with E-state index >= 15 is 0 Å². The molecule has 2 saturated carbocycles. The average molecular weight is 281 g/mol. The van der Waals surface area contributed by atoms with Gasteiger partial charge in [-0.2, -0.15) is 16.7 Å². The van der Waals surface area contributed by atoms with Crippen molar-refractivity contribution in [2.45, 2.75) is 50.8 Å². The summed E-state index contributed by atoms with van der Waals surface area (Å²) in [5.74, 6) is 5.98. The Morgan fingerprint density at radius 1 is 1.37 bits per heavy atom. The van der Waals surface area contributed by atoms with Crippen LogP contribution in [0.1, 0.15) is 50.7 Å². The van der Waals surface area contributed by atoms with Crippen molar-refractivity contribution in [3.05, 3.63) is 11.7 Å². The number of hydrogen-bond acceptors (Lipinski definition) is 5. The Morgan fingerprint density at radius 2 is 2.16 bits per heavy atom. The van der Waals surface area contributed by atoms with Gasteiger partial charge in [0.2, 0.25) is 5.89 Å². The van der Waals surface area contributed by atoms with Gasteiger partial charge in [-0.1, -0.05) is 19.0 Å². The Balaban J connectivity index is 1.62. The van der Waals surface area contributed by atoms with Crippen LogP contribution in [0.5, 0.6) is 0 Å². The molecule has 106 valence electrons. The van der Waals surface area contributed by atoms with Gasteiger partial charge in [-0.25, -0.2) is 0 Å². The molecule has 1 heterocycles. The van der Waals surface area contributed by atoms with E-state index in [0.717, 1.165) is 23.2 Å². The smallest absolute Gasteiger partial charge is 0.231 e. The molecule has 0 saturated heterocycles. The van der Waals surface area contributed by atoms with E-state index in [1.54, 1.807) is 0 Å². The Kier molecular flexibility index (Phi) is 3.85. The van der Waals surface area contributed by atoms with Crippen molar-refractivity contribution in [1.82, 2.24) is 10.1 Å². The Hall–Kier alpha value is -0.550. The van der Waals surface area contributed by atoms with Crippen LogP contribution in [0.25, 0.3) is 0 Å². The van der Waals surface area contributed by atoms with Gasteiger partial charge in [-0.15, -0.1) is 0 Å². The first kappa shape index (κ1) is 13.4. The van der Waals surface area contributed by atoms with Gasteiger partial charge in [0.1, 0.15) is 0 Å². The molecule has 2 fully saturated rings. The second kappa shape index (κ2) is 5.44. The third-order valence-corrected chi connectivity index (χ3v) is 5.80. The van der Waals surface area contributed by atoms with E-state index < -0.39 is 0 Å². The predicted octanol–water partition coefficient (Wildman–Crippen LogP) is 2.80. The summed E-state index contributed by atoms with van der Waals surface area (Å²) in [4.78, 5) is 4.58. The van der Waals surface area contributed by atoms with Crippen molar-refractivity contribution in [1.29, 1.82) is 0 Å². The molecule has 4 atom stereocenters. The van der Waals surface area contributed by atoms with E-state index in [0.29, 0.717) is 23.7 Å². The Morgan fingerprint density at radius 3 is 2.84 bits per heavy atom. The molecule has 4 nitrogen and oxygen atoms in total. The average Bonchev–Trinajstić information content (AvgIpc) is 3.03. The fourth-order valence-electron chi connectivity index (χ4n) is 3.55. The van der Waals surface area contributed by atoms with Crippen LogP contribution >= 0.6 is 11.8 Å². The van der Waals surface area contributed by atoms with Crippen LogP contribution in [0.4, 0.5) is 0 Å². The summed E-state index contributed by atoms with van der Waals surface area (Å²) in [5.41, 5.74) is 6.31. The standard InChI is InChI=1S/C14H23N3OS/c1-8(2)6-19-7-11-16-14(18-17-11)12-9-3-4-10(5-9)13(12)15/h8-10,12-13H,3-7,15H2,1-2H3. The molecule has 2 bridgehead atoms. The summed E-state index contributed by atoms with van der Waals surface area (Å²) < 4.78 is 5.47. The van der Waals surface area contributed by atoms with Crippen molar-refractivity contribution in [2.75, 3.05) is 5.75 Å². The summed E-state index contributed by atoms with van der Waals surface area (Å²) >= 11 is 1.87. The molecule has 0 radical (unpaired) electrons. The maximum Gasteiger partial charge on any atom is 0.231 e. The molecule has 19 heavy (non-hydrogen) atoms. The van der Waals surface area contributed by atoms with Crippen molar-refractivity contribution >= 4 is 11.8 Å². The zero-order valence-electron chi connectivity index (χ0n) is 11.7. The minimum absolute atomic E-state index is 0.232. The second-order valence-electron chi connectivity index (χ2n) is 6.39. The number of nitrogens with two attached hydrogens (primary N) is 1. The molecule has 3 rings (SSSR count). The first-order chi connectivity index (χ1) is 9.15. The largest absolute Gasteiger partial charge is 0.339 e. The lowest BCUT2D eigenvalue weighted by Gasteiger charge is -2.24. The number of rotatable bonds is 5. The number of hydrogen-bond donors (Lipinski definition) is 1. The number of nitrogens with zero attached hydrogens (tertiary/aromatic N) is 2. The zero-order valence-corrected chi connectivity index (χ0v) is 12.5. The predicted molar refractivity (Wildman–Crippen MR) is 76.8 cm³/mol. The van der Waals surface area contributed by atoms with Crippen molar-refractivity contribution in [3.8, 4) is 0 Å². The zero-order chi connectivity index (χ0) is 13.4. The minimum atomic E-state index is 0.232. The fourth-order valence-corrected chi connectivity index (χ4v) is 4.44. The highest BCUT2D eigenvalue weighted by Crippen LogP contribution is 2.51. The van der Waals surface area contributed by atoms with Gasteiger partial charge in [-0.05, 0) is 42.8 Å². The van der Waals surface area contributed by atoms with Gasteiger partial charge in [0, 0.05) is 6.04 Å². The molecule has 2 aliphatic rings. The SMILES string of the molecule is CC(C)CSCc1noc(C2C3CCC(C3)C2N)n1. The maximum atomic E-state index is 6.31. The number of fused-ring (bicyclic) bond motifs is 2. The van der Waals surface area contributed by atoms with E-state index in [-0.39, 0.29) is 6.04 Å². The van der Waals surface area contributed by atoms with Crippen LogP contribution in [-0.4, -0.2) is 21.9 Å². The lowest BCUT2D eigenvalue weighted by Crippen LogP contribution is -2.34. The van der Waals surface area contributed by atoms with E-state index in [1.807, 2.05) is 11.8 Å². The minimum Gasteiger partial charge on any atom is -0.339 e. The highest BCUT2D eigenvalue weighted by molar-refractivity contribution is 7.98. The molecule has 2 N–H and O–H groups in total. The highest BCUT2D eigenvalue weighted by Gasteiger charge is 2.48. The van der Waals surface area contributed by atoms with Crippen LogP contribution < -0.4 is 5.73 Å². The maximum absolute atomic E-state index is 6.31. The van der Waals surface area contributed by atoms with E-state index in [2.05, 4.69) is 24.0 Å². The molecule has 0 spiro atoms. The molecule has 4 unspecified atom stereocenters. The van der Waals surface area contributed by atoms with Crippen molar-refractivity contribution < 1.29 is 4.52 Å². The monoisotopic (exact) mass is 281 g/mol. The van der Waals surface area contributed by atoms with E-state index in [9.17, 15) is 0 Å². The van der Waals surface area contributed by atoms with Gasteiger partial charge in [0.05, 0.1) is 11.7 Å². The molecule has 0 aliphatic heterocycles. The molecule has 0 aromatic carbocycles. The van der Waals surface area contributed by atoms with Crippen LogP contribution in [0.3, 0.4) is 0 Å². The lowest BCUT2D eigenvalue weighted by atomic mass is 9.85. The van der Waals surface area contributed by atoms with E-state index in [4.69, 9.17) is 10.3 Å². The molecular formula is C14H23N3OS. The molecule has 1 aromatic rings. The molecule has 0 amide bonds. The van der Waals surface area contributed by atoms with Gasteiger partial charge in [-0.3, -0.25) is 0 Å². The summed E-state index contributed by atoms with van der Waals surface area (Å²) in [5, 5.41) is 4.11. The fraction of sp³-hybridized carbons (Fsp3) is 0.857. The lowest BCUT2D eigenvalue weighted by molar-refractivity contribution is 0.278. The van der Waals surface area contributed by atoms with Gasteiger partial charge < -0.3 is 10.3 Å². The summed E-state index contributed by atoms with van der Waals surface area (Å²) in [6.45, 7) is 4.45. The third-order valence-electron chi connectivity index (χ3n) is 4.43. The van der Waals surface area contributed by atoms with Gasteiger partial charge in [0.25, 0.3) is 0 Å². The van der Waals surface area contributed by atoms with Crippen LogP contribution in [-0.2, 0) is 5.75 Å². The first-order valence-electron chi connectivity index (χ1n) is 7.31. The highest BCUT2D eigenvalue weighted by atomic mass is 32.2. The number of thioether (sulfide) groups is 1. The Bertz CT molecular complexity index is 432. The van der Waals surface area contributed by atoms with Gasteiger partial charge >= 0.3 is 0 Å². The third kappa shape index (κ3) is 2.68. The molecule has 5 heteroatoms. The quantitative estimate of drug-likeness (QED) is 0.899. The van der Waals surface area contributed by atoms with E-state index in [1.165, 1.54) is 19.3 Å². The molecule has 1 aromatic heterocycles. The molecular weight excluding hydrogens is 258 g/mol. The van der Waals surface area contributed by atoms with Crippen molar-refractivity contribution in [3.63, 3.8) is 0 Å². The normalized spacial score (nSPS) is 33.5. The summed E-state index contributed by atoms with van der Waals surface area (Å²) in [6, 6.07) is 0.232. The van der Waals surface area contributed by atoms with Crippen LogP contribution in [0, 0.1) is 17.8 Å². The van der Waals surface area contributed by atoms with Crippen LogP contribution in [0.2, 0.25) is 0 Å². The summed E-state index contributed by atoms with van der Waals surface area (Å²) in [7, 11) is 0. The summed E-state index contributed by atoms with van der Waals surface area (Å²) in [6.07, 6.45) is 3.82. The Labute approximate surface area is 118 Å². The van der Waals surface area contributed by atoms with Crippen molar-refractivity contribution in [2.24, 2.45) is 23.5 Å². The van der Waals surface area contributed by atoms with Crippen LogP contribution in [0.15, 0.2) is 4.52 Å². The number of aromatic nitrogens is 2. The first-order valence-corrected chi connectivity index (χ1v) is 8.46. The topological polar surface area (TPSA) is 64.9 Å².